The molecule has 0 aromatic heterocycles. The number of amidine groups is 2. The van der Waals surface area contributed by atoms with Gasteiger partial charge in [-0.2, -0.15) is 10.0 Å². The Hall–Kier alpha value is -2.95. The topological polar surface area (TPSA) is 112 Å². The maximum absolute atomic E-state index is 12.5. The van der Waals surface area contributed by atoms with Crippen LogP contribution in [0.15, 0.2) is 58.1 Å². The zero-order chi connectivity index (χ0) is 23.0. The minimum absolute atomic E-state index is 0.0301. The molecule has 1 N–H and O–H groups in total. The van der Waals surface area contributed by atoms with Crippen molar-refractivity contribution in [2.75, 3.05) is 6.26 Å². The molecule has 32 heavy (non-hydrogen) atoms. The Kier molecular flexibility index (Phi) is 5.93. The first kappa shape index (κ1) is 22.3. The first-order valence-corrected chi connectivity index (χ1v) is 12.4. The number of nitrogens with zero attached hydrogens (tertiary/aromatic N) is 3. The highest BCUT2D eigenvalue weighted by atomic mass is 35.5. The number of fused-ring (bicyclic) bond motifs is 1. The molecule has 0 atom stereocenters. The lowest BCUT2D eigenvalue weighted by Gasteiger charge is -2.20. The molecule has 2 aromatic rings. The highest BCUT2D eigenvalue weighted by Crippen LogP contribution is 2.31. The number of hydrazone groups is 1. The number of aliphatic imine (C=N–C) groups is 1. The largest absolute Gasteiger partial charge is 0.487 e. The average Bonchev–Trinajstić information content (AvgIpc) is 3.16. The third-order valence-corrected chi connectivity index (χ3v) is 7.54. The molecule has 0 bridgehead atoms. The van der Waals surface area contributed by atoms with Crippen LogP contribution < -0.4 is 4.74 Å². The second kappa shape index (κ2) is 8.53. The predicted octanol–water partition coefficient (Wildman–Crippen LogP) is 3.85. The Morgan fingerprint density at radius 2 is 2.00 bits per heavy atom. The van der Waals surface area contributed by atoms with Crippen LogP contribution in [0, 0.1) is 12.3 Å². The molecule has 2 aliphatic heterocycles. The predicted molar refractivity (Wildman–Crippen MR) is 127 cm³/mol. The van der Waals surface area contributed by atoms with E-state index in [1.165, 1.54) is 6.08 Å². The molecule has 8 nitrogen and oxygen atoms in total. The van der Waals surface area contributed by atoms with Gasteiger partial charge in [-0.1, -0.05) is 41.9 Å². The summed E-state index contributed by atoms with van der Waals surface area (Å²) >= 11 is 7.10. The molecule has 2 aromatic carbocycles. The van der Waals surface area contributed by atoms with Gasteiger partial charge in [0.2, 0.25) is 19.4 Å². The number of amides is 1. The average molecular weight is 489 g/mol. The summed E-state index contributed by atoms with van der Waals surface area (Å²) in [6.45, 7) is 2.36. The Bertz CT molecular complexity index is 1350. The van der Waals surface area contributed by atoms with Crippen LogP contribution in [0.2, 0.25) is 5.02 Å². The van der Waals surface area contributed by atoms with Crippen molar-refractivity contribution in [2.24, 2.45) is 10.1 Å². The molecule has 2 aliphatic rings. The number of carbonyl (C=O) groups is 1. The van der Waals surface area contributed by atoms with Crippen LogP contribution in [0.5, 0.6) is 5.75 Å². The summed E-state index contributed by atoms with van der Waals surface area (Å²) in [7, 11) is -3.59. The quantitative estimate of drug-likeness (QED) is 0.654. The van der Waals surface area contributed by atoms with Gasteiger partial charge in [0.05, 0.1) is 10.6 Å². The Balaban J connectivity index is 1.56. The molecule has 0 saturated heterocycles. The SMILES string of the molecule is Cc1ccccc1COc1ccc(/C=C2/C(=N)N3N=C(S(C)(=O)=O)SC3=NC2=O)cc1Cl. The van der Waals surface area contributed by atoms with E-state index < -0.39 is 15.7 Å². The van der Waals surface area contributed by atoms with Crippen molar-refractivity contribution in [3.8, 4) is 5.75 Å². The minimum Gasteiger partial charge on any atom is -0.487 e. The number of benzene rings is 2. The Labute approximate surface area is 194 Å². The number of ether oxygens (including phenoxy) is 1. The fraction of sp³-hybridized carbons (Fsp3) is 0.143. The maximum atomic E-state index is 12.5. The van der Waals surface area contributed by atoms with Gasteiger partial charge < -0.3 is 4.74 Å². The fourth-order valence-electron chi connectivity index (χ4n) is 2.94. The number of hydrogen-bond donors (Lipinski definition) is 1. The van der Waals surface area contributed by atoms with E-state index in [1.54, 1.807) is 18.2 Å². The van der Waals surface area contributed by atoms with E-state index in [0.29, 0.717) is 22.9 Å². The van der Waals surface area contributed by atoms with E-state index in [1.807, 2.05) is 31.2 Å². The molecule has 0 aliphatic carbocycles. The lowest BCUT2D eigenvalue weighted by molar-refractivity contribution is -0.114. The molecule has 164 valence electrons. The van der Waals surface area contributed by atoms with Gasteiger partial charge in [0, 0.05) is 6.26 Å². The van der Waals surface area contributed by atoms with E-state index in [2.05, 4.69) is 10.1 Å². The molecule has 2 heterocycles. The lowest BCUT2D eigenvalue weighted by atomic mass is 10.1. The standard InChI is InChI=1S/C21H17ClN4O4S2/c1-12-5-3-4-6-14(12)11-30-17-8-7-13(10-16(17)22)9-15-18(23)26-20(24-19(15)27)31-21(25-26)32(2,28)29/h3-10,23H,11H2,1-2H3/b15-9-,23-18?. The summed E-state index contributed by atoms with van der Waals surface area (Å²) in [5, 5.41) is 13.6. The van der Waals surface area contributed by atoms with E-state index >= 15 is 0 Å². The maximum Gasteiger partial charge on any atom is 0.283 e. The van der Waals surface area contributed by atoms with Crippen LogP contribution in [0.1, 0.15) is 16.7 Å². The van der Waals surface area contributed by atoms with Crippen molar-refractivity contribution >= 4 is 60.6 Å². The van der Waals surface area contributed by atoms with Gasteiger partial charge in [0.25, 0.3) is 5.91 Å². The summed E-state index contributed by atoms with van der Waals surface area (Å²) in [6, 6.07) is 12.9. The van der Waals surface area contributed by atoms with Gasteiger partial charge in [-0.05, 0) is 53.6 Å². The van der Waals surface area contributed by atoms with Crippen LogP contribution in [0.3, 0.4) is 0 Å². The van der Waals surface area contributed by atoms with E-state index in [9.17, 15) is 13.2 Å². The molecule has 1 amide bonds. The number of halogens is 1. The van der Waals surface area contributed by atoms with Crippen LogP contribution in [-0.2, 0) is 21.2 Å². The van der Waals surface area contributed by atoms with E-state index in [4.69, 9.17) is 21.7 Å². The number of carbonyl (C=O) groups excluding carboxylic acids is 1. The minimum atomic E-state index is -3.59. The van der Waals surface area contributed by atoms with Gasteiger partial charge >= 0.3 is 0 Å². The van der Waals surface area contributed by atoms with Gasteiger partial charge in [-0.25, -0.2) is 8.42 Å². The van der Waals surface area contributed by atoms with E-state index in [0.717, 1.165) is 34.2 Å². The molecule has 0 saturated carbocycles. The normalized spacial score (nSPS) is 17.3. The zero-order valence-electron chi connectivity index (χ0n) is 17.0. The molecule has 0 radical (unpaired) electrons. The number of nitrogens with one attached hydrogen (secondary N) is 1. The summed E-state index contributed by atoms with van der Waals surface area (Å²) in [6.07, 6.45) is 2.46. The fourth-order valence-corrected chi connectivity index (χ4v) is 4.87. The molecule has 0 spiro atoms. The molecule has 11 heteroatoms. The van der Waals surface area contributed by atoms with Crippen molar-refractivity contribution in [3.63, 3.8) is 0 Å². The zero-order valence-corrected chi connectivity index (χ0v) is 19.4. The van der Waals surface area contributed by atoms with Crippen LogP contribution in [-0.4, -0.2) is 41.0 Å². The number of sulfone groups is 1. The summed E-state index contributed by atoms with van der Waals surface area (Å²) in [4.78, 5) is 16.3. The summed E-state index contributed by atoms with van der Waals surface area (Å²) in [5.41, 5.74) is 2.69. The summed E-state index contributed by atoms with van der Waals surface area (Å²) in [5.74, 6) is -0.433. The molecular formula is C21H17ClN4O4S2. The van der Waals surface area contributed by atoms with Gasteiger partial charge in [-0.3, -0.25) is 10.2 Å². The third-order valence-electron chi connectivity index (χ3n) is 4.66. The van der Waals surface area contributed by atoms with Crippen LogP contribution in [0.4, 0.5) is 0 Å². The first-order valence-electron chi connectivity index (χ1n) is 9.30. The van der Waals surface area contributed by atoms with Crippen molar-refractivity contribution in [1.29, 1.82) is 5.41 Å². The van der Waals surface area contributed by atoms with Crippen molar-refractivity contribution in [3.05, 3.63) is 69.8 Å². The second-order valence-corrected chi connectivity index (χ2v) is 10.6. The van der Waals surface area contributed by atoms with Crippen molar-refractivity contribution in [2.45, 2.75) is 13.5 Å². The summed E-state index contributed by atoms with van der Waals surface area (Å²) < 4.78 is 29.1. The third kappa shape index (κ3) is 4.47. The van der Waals surface area contributed by atoms with Crippen LogP contribution >= 0.6 is 23.4 Å². The Morgan fingerprint density at radius 1 is 1.25 bits per heavy atom. The lowest BCUT2D eigenvalue weighted by Crippen LogP contribution is -2.35. The molecule has 0 fully saturated rings. The van der Waals surface area contributed by atoms with Gasteiger partial charge in [-0.15, -0.1) is 5.10 Å². The Morgan fingerprint density at radius 3 is 2.69 bits per heavy atom. The monoisotopic (exact) mass is 488 g/mol. The highest BCUT2D eigenvalue weighted by molar-refractivity contribution is 8.42. The van der Waals surface area contributed by atoms with Crippen molar-refractivity contribution in [1.82, 2.24) is 5.01 Å². The number of rotatable bonds is 4. The smallest absolute Gasteiger partial charge is 0.283 e. The van der Waals surface area contributed by atoms with Gasteiger partial charge in [0.1, 0.15) is 12.4 Å². The number of hydrogen-bond acceptors (Lipinski definition) is 7. The molecular weight excluding hydrogens is 472 g/mol. The second-order valence-electron chi connectivity index (χ2n) is 7.06. The number of aryl methyl sites for hydroxylation is 1. The number of thioether (sulfide) groups is 1. The molecule has 0 unspecified atom stereocenters. The van der Waals surface area contributed by atoms with E-state index in [-0.39, 0.29) is 21.0 Å². The van der Waals surface area contributed by atoms with Crippen LogP contribution in [0.25, 0.3) is 6.08 Å². The highest BCUT2D eigenvalue weighted by Gasteiger charge is 2.38. The molecule has 4 rings (SSSR count). The van der Waals surface area contributed by atoms with Crippen molar-refractivity contribution < 1.29 is 17.9 Å². The van der Waals surface area contributed by atoms with Gasteiger partial charge in [0.15, 0.2) is 5.84 Å². The first-order chi connectivity index (χ1) is 15.1.